The molecule has 0 saturated heterocycles. The van der Waals surface area contributed by atoms with Gasteiger partial charge in [0.25, 0.3) is 17.5 Å². The molecule has 2 amide bonds. The first-order valence-corrected chi connectivity index (χ1v) is 8.04. The molecule has 1 N–H and O–H groups in total. The molecule has 7 nitrogen and oxygen atoms in total. The molecule has 26 heavy (non-hydrogen) atoms. The molecule has 0 bridgehead atoms. The third kappa shape index (κ3) is 3.16. The Morgan fingerprint density at radius 1 is 1.04 bits per heavy atom. The second-order valence-corrected chi connectivity index (χ2v) is 6.29. The molecule has 1 aliphatic rings. The van der Waals surface area contributed by atoms with E-state index in [1.54, 1.807) is 0 Å². The van der Waals surface area contributed by atoms with Crippen molar-refractivity contribution in [1.82, 2.24) is 0 Å². The van der Waals surface area contributed by atoms with Gasteiger partial charge in [-0.15, -0.1) is 0 Å². The van der Waals surface area contributed by atoms with Gasteiger partial charge in [0.1, 0.15) is 10.7 Å². The summed E-state index contributed by atoms with van der Waals surface area (Å²) in [5, 5.41) is 13.6. The molecule has 0 radical (unpaired) electrons. The standard InChI is InChI=1S/C18H14ClN3O4/c1-10-6-11(2)8-12(7-10)20-16-15(19)17(23)21(18(16)24)13-4-3-5-14(9-13)22(25)26/h3-9,20H,1-2H3. The van der Waals surface area contributed by atoms with Crippen LogP contribution in [0.2, 0.25) is 0 Å². The molecule has 2 aromatic carbocycles. The number of hydrogen-bond donors (Lipinski definition) is 1. The van der Waals surface area contributed by atoms with Crippen LogP contribution in [-0.4, -0.2) is 16.7 Å². The third-order valence-corrected chi connectivity index (χ3v) is 4.17. The fraction of sp³-hybridized carbons (Fsp3) is 0.111. The molecule has 0 aliphatic carbocycles. The van der Waals surface area contributed by atoms with Gasteiger partial charge in [-0.1, -0.05) is 23.7 Å². The number of nitrogens with one attached hydrogen (secondary N) is 1. The van der Waals surface area contributed by atoms with E-state index in [-0.39, 0.29) is 22.1 Å². The molecule has 3 rings (SSSR count). The van der Waals surface area contributed by atoms with Gasteiger partial charge in [-0.2, -0.15) is 0 Å². The van der Waals surface area contributed by atoms with Crippen molar-refractivity contribution in [2.75, 3.05) is 10.2 Å². The molecule has 0 fully saturated rings. The Bertz CT molecular complexity index is 964. The fourth-order valence-corrected chi connectivity index (χ4v) is 3.00. The largest absolute Gasteiger partial charge is 0.350 e. The van der Waals surface area contributed by atoms with Crippen LogP contribution in [0.4, 0.5) is 17.1 Å². The first-order chi connectivity index (χ1) is 12.3. The molecular weight excluding hydrogens is 358 g/mol. The van der Waals surface area contributed by atoms with E-state index in [4.69, 9.17) is 11.6 Å². The quantitative estimate of drug-likeness (QED) is 0.503. The maximum absolute atomic E-state index is 12.7. The number of nitro benzene ring substituents is 1. The van der Waals surface area contributed by atoms with Crippen molar-refractivity contribution in [1.29, 1.82) is 0 Å². The lowest BCUT2D eigenvalue weighted by Gasteiger charge is -2.15. The normalized spacial score (nSPS) is 14.2. The topological polar surface area (TPSA) is 92.6 Å². The zero-order chi connectivity index (χ0) is 19.0. The van der Waals surface area contributed by atoms with Gasteiger partial charge in [-0.25, -0.2) is 4.90 Å². The van der Waals surface area contributed by atoms with Crippen molar-refractivity contribution >= 4 is 40.5 Å². The van der Waals surface area contributed by atoms with E-state index in [2.05, 4.69) is 5.32 Å². The van der Waals surface area contributed by atoms with Crippen LogP contribution in [0.1, 0.15) is 11.1 Å². The van der Waals surface area contributed by atoms with Gasteiger partial charge in [-0.05, 0) is 43.2 Å². The number of aryl methyl sites for hydroxylation is 2. The Kier molecular flexibility index (Phi) is 4.48. The van der Waals surface area contributed by atoms with Crippen molar-refractivity contribution in [3.63, 3.8) is 0 Å². The summed E-state index contributed by atoms with van der Waals surface area (Å²) in [6.07, 6.45) is 0. The molecule has 0 atom stereocenters. The molecular formula is C18H14ClN3O4. The summed E-state index contributed by atoms with van der Waals surface area (Å²) >= 11 is 6.07. The summed E-state index contributed by atoms with van der Waals surface area (Å²) in [7, 11) is 0. The van der Waals surface area contributed by atoms with E-state index in [9.17, 15) is 19.7 Å². The molecule has 0 spiro atoms. The number of halogens is 1. The van der Waals surface area contributed by atoms with Crippen LogP contribution in [0.3, 0.4) is 0 Å². The minimum Gasteiger partial charge on any atom is -0.350 e. The number of anilines is 2. The lowest BCUT2D eigenvalue weighted by molar-refractivity contribution is -0.384. The van der Waals surface area contributed by atoms with Crippen LogP contribution in [0, 0.1) is 24.0 Å². The number of carbonyl (C=O) groups excluding carboxylic acids is 2. The number of benzene rings is 2. The van der Waals surface area contributed by atoms with Crippen molar-refractivity contribution in [3.05, 3.63) is 74.4 Å². The minimum absolute atomic E-state index is 0.0619. The third-order valence-electron chi connectivity index (χ3n) is 3.82. The maximum Gasteiger partial charge on any atom is 0.283 e. The van der Waals surface area contributed by atoms with Crippen LogP contribution in [0.25, 0.3) is 0 Å². The first kappa shape index (κ1) is 17.6. The number of imide groups is 1. The number of nitrogens with zero attached hydrogens (tertiary/aromatic N) is 2. The lowest BCUT2D eigenvalue weighted by Crippen LogP contribution is -2.32. The Morgan fingerprint density at radius 2 is 1.69 bits per heavy atom. The van der Waals surface area contributed by atoms with Crippen molar-refractivity contribution in [2.24, 2.45) is 0 Å². The number of rotatable bonds is 4. The van der Waals surface area contributed by atoms with E-state index in [0.29, 0.717) is 5.69 Å². The van der Waals surface area contributed by atoms with Gasteiger partial charge in [0.15, 0.2) is 0 Å². The van der Waals surface area contributed by atoms with E-state index in [1.165, 1.54) is 18.2 Å². The summed E-state index contributed by atoms with van der Waals surface area (Å²) in [6, 6.07) is 10.9. The highest BCUT2D eigenvalue weighted by Gasteiger charge is 2.39. The van der Waals surface area contributed by atoms with Crippen molar-refractivity contribution in [2.45, 2.75) is 13.8 Å². The van der Waals surface area contributed by atoms with Gasteiger partial charge in [0, 0.05) is 17.8 Å². The SMILES string of the molecule is Cc1cc(C)cc(NC2=C(Cl)C(=O)N(c3cccc([N+](=O)[O-])c3)C2=O)c1. The molecule has 2 aromatic rings. The number of hydrogen-bond acceptors (Lipinski definition) is 5. The first-order valence-electron chi connectivity index (χ1n) is 7.66. The van der Waals surface area contributed by atoms with Crippen LogP contribution < -0.4 is 10.2 Å². The van der Waals surface area contributed by atoms with Crippen molar-refractivity contribution in [3.8, 4) is 0 Å². The summed E-state index contributed by atoms with van der Waals surface area (Å²) in [6.45, 7) is 3.82. The Balaban J connectivity index is 1.95. The van der Waals surface area contributed by atoms with Gasteiger partial charge in [0.05, 0.1) is 10.6 Å². The van der Waals surface area contributed by atoms with Crippen molar-refractivity contribution < 1.29 is 14.5 Å². The maximum atomic E-state index is 12.7. The monoisotopic (exact) mass is 371 g/mol. The highest BCUT2D eigenvalue weighted by molar-refractivity contribution is 6.53. The van der Waals surface area contributed by atoms with E-state index in [0.717, 1.165) is 22.1 Å². The summed E-state index contributed by atoms with van der Waals surface area (Å²) in [4.78, 5) is 36.3. The average Bonchev–Trinajstić information content (AvgIpc) is 2.78. The Hall–Kier alpha value is -3.19. The van der Waals surface area contributed by atoms with Gasteiger partial charge in [-0.3, -0.25) is 19.7 Å². The molecule has 0 saturated carbocycles. The number of carbonyl (C=O) groups is 2. The predicted molar refractivity (Wildman–Crippen MR) is 98.0 cm³/mol. The number of amides is 2. The lowest BCUT2D eigenvalue weighted by atomic mass is 10.1. The second kappa shape index (κ2) is 6.61. The van der Waals surface area contributed by atoms with Crippen LogP contribution in [0.5, 0.6) is 0 Å². The zero-order valence-electron chi connectivity index (χ0n) is 13.9. The summed E-state index contributed by atoms with van der Waals surface area (Å²) in [5.74, 6) is -1.40. The fourth-order valence-electron chi connectivity index (χ4n) is 2.78. The average molecular weight is 372 g/mol. The van der Waals surface area contributed by atoms with E-state index >= 15 is 0 Å². The zero-order valence-corrected chi connectivity index (χ0v) is 14.7. The molecule has 0 unspecified atom stereocenters. The Morgan fingerprint density at radius 3 is 2.31 bits per heavy atom. The molecule has 1 heterocycles. The smallest absolute Gasteiger partial charge is 0.283 e. The highest BCUT2D eigenvalue weighted by Crippen LogP contribution is 2.32. The Labute approximate surface area is 154 Å². The minimum atomic E-state index is -0.732. The highest BCUT2D eigenvalue weighted by atomic mass is 35.5. The van der Waals surface area contributed by atoms with Crippen LogP contribution in [-0.2, 0) is 9.59 Å². The number of nitro groups is 1. The van der Waals surface area contributed by atoms with Gasteiger partial charge in [0.2, 0.25) is 0 Å². The van der Waals surface area contributed by atoms with Gasteiger partial charge < -0.3 is 5.32 Å². The molecule has 1 aliphatic heterocycles. The molecule has 132 valence electrons. The molecule has 0 aromatic heterocycles. The van der Waals surface area contributed by atoms with E-state index in [1.807, 2.05) is 32.0 Å². The second-order valence-electron chi connectivity index (χ2n) is 5.91. The predicted octanol–water partition coefficient (Wildman–Crippen LogP) is 3.65. The van der Waals surface area contributed by atoms with E-state index < -0.39 is 16.7 Å². The molecule has 8 heteroatoms. The van der Waals surface area contributed by atoms with Crippen LogP contribution >= 0.6 is 11.6 Å². The van der Waals surface area contributed by atoms with Gasteiger partial charge >= 0.3 is 0 Å². The van der Waals surface area contributed by atoms with Crippen LogP contribution in [0.15, 0.2) is 53.2 Å². The number of non-ortho nitro benzene ring substituents is 1. The summed E-state index contributed by atoms with van der Waals surface area (Å²) in [5.41, 5.74) is 2.39. The summed E-state index contributed by atoms with van der Waals surface area (Å²) < 4.78 is 0.